The summed E-state index contributed by atoms with van der Waals surface area (Å²) >= 11 is 0. The van der Waals surface area contributed by atoms with E-state index in [0.29, 0.717) is 0 Å². The first-order valence-electron chi connectivity index (χ1n) is 17.8. The van der Waals surface area contributed by atoms with Gasteiger partial charge in [-0.1, -0.05) is 128 Å². The average Bonchev–Trinajstić information content (AvgIpc) is 2.92. The van der Waals surface area contributed by atoms with Crippen LogP contribution in [0.15, 0.2) is 0 Å². The van der Waals surface area contributed by atoms with Crippen molar-refractivity contribution in [2.75, 3.05) is 0 Å². The summed E-state index contributed by atoms with van der Waals surface area (Å²) in [5, 5.41) is 0. The summed E-state index contributed by atoms with van der Waals surface area (Å²) in [6.07, 6.45) is 43.9. The lowest BCUT2D eigenvalue weighted by atomic mass is 9.65. The van der Waals surface area contributed by atoms with E-state index >= 15 is 0 Å². The Morgan fingerprint density at radius 3 is 1.00 bits per heavy atom. The van der Waals surface area contributed by atoms with Crippen LogP contribution in [0.25, 0.3) is 0 Å². The number of fused-ring (bicyclic) bond motifs is 13. The van der Waals surface area contributed by atoms with Gasteiger partial charge in [0.25, 0.3) is 0 Å². The third-order valence-corrected chi connectivity index (χ3v) is 12.8. The Morgan fingerprint density at radius 1 is 0.194 bits per heavy atom. The predicted octanol–water partition coefficient (Wildman–Crippen LogP) is 11.9. The van der Waals surface area contributed by atoms with Crippen LogP contribution in [0.2, 0.25) is 0 Å². The van der Waals surface area contributed by atoms with Crippen molar-refractivity contribution in [2.45, 2.75) is 180 Å². The average molecular weight is 497 g/mol. The number of rotatable bonds is 0. The summed E-state index contributed by atoms with van der Waals surface area (Å²) in [7, 11) is 0. The topological polar surface area (TPSA) is 0 Å². The van der Waals surface area contributed by atoms with Crippen LogP contribution in [0.5, 0.6) is 0 Å². The molecule has 8 fully saturated rings. The van der Waals surface area contributed by atoms with Crippen molar-refractivity contribution in [2.24, 2.45) is 47.3 Å². The summed E-state index contributed by atoms with van der Waals surface area (Å²) in [6.45, 7) is 0. The smallest absolute Gasteiger partial charge is 0.0357 e. The third kappa shape index (κ3) is 8.25. The largest absolute Gasteiger partial charge is 0.0533 e. The van der Waals surface area contributed by atoms with Gasteiger partial charge < -0.3 is 0 Å². The van der Waals surface area contributed by atoms with Crippen LogP contribution in [0.1, 0.15) is 180 Å². The van der Waals surface area contributed by atoms with Crippen LogP contribution in [0.3, 0.4) is 0 Å². The fourth-order valence-corrected chi connectivity index (χ4v) is 10.4. The molecule has 208 valence electrons. The van der Waals surface area contributed by atoms with E-state index in [1.807, 2.05) is 0 Å². The lowest BCUT2D eigenvalue weighted by Gasteiger charge is -2.41. The molecule has 8 aliphatic carbocycles. The molecule has 0 spiro atoms. The van der Waals surface area contributed by atoms with Gasteiger partial charge in [-0.15, -0.1) is 0 Å². The first-order valence-corrected chi connectivity index (χ1v) is 17.8. The maximum atomic E-state index is 1.60. The van der Waals surface area contributed by atoms with E-state index in [2.05, 4.69) is 0 Å². The molecule has 2 unspecified atom stereocenters. The van der Waals surface area contributed by atoms with Crippen molar-refractivity contribution in [1.29, 1.82) is 0 Å². The minimum absolute atomic E-state index is 1.07. The summed E-state index contributed by atoms with van der Waals surface area (Å²) in [5.41, 5.74) is 0. The van der Waals surface area contributed by atoms with E-state index < -0.39 is 0 Å². The van der Waals surface area contributed by atoms with Gasteiger partial charge in [0.05, 0.1) is 0 Å². The standard InChI is InChI=1S/C36H64/c1-2-4-6-8-13-34-26-21-31-17-24-33(25-18-31)32-22-15-30(16-23-32)12-9-10-14-36(34)35-27-19-29(20-28-35)11-7-5-3-1/h29-36H,1-28H2. The zero-order chi connectivity index (χ0) is 24.4. The molecule has 0 amide bonds. The number of hydrogen-bond donors (Lipinski definition) is 0. The maximum Gasteiger partial charge on any atom is -0.0357 e. The minimum atomic E-state index is 1.07. The van der Waals surface area contributed by atoms with Crippen molar-refractivity contribution >= 4 is 0 Å². The van der Waals surface area contributed by atoms with Crippen LogP contribution in [-0.4, -0.2) is 0 Å². The molecule has 2 atom stereocenters. The van der Waals surface area contributed by atoms with Crippen molar-refractivity contribution in [3.05, 3.63) is 0 Å². The van der Waals surface area contributed by atoms with E-state index in [4.69, 9.17) is 0 Å². The first kappa shape index (κ1) is 27.6. The van der Waals surface area contributed by atoms with Gasteiger partial charge in [-0.25, -0.2) is 0 Å². The molecule has 0 heterocycles. The predicted molar refractivity (Wildman–Crippen MR) is 157 cm³/mol. The Hall–Kier alpha value is 0. The SMILES string of the molecule is C1CCCCCC2CCC3CCC(CC3)C3CCC(CCCCC2C2CCC(CCCC1)CC2)CC3. The second-order valence-electron chi connectivity index (χ2n) is 15.0. The highest BCUT2D eigenvalue weighted by molar-refractivity contribution is 4.86. The highest BCUT2D eigenvalue weighted by atomic mass is 14.4. The Bertz CT molecular complexity index is 569. The second kappa shape index (κ2) is 15.0. The molecule has 6 bridgehead atoms. The van der Waals surface area contributed by atoms with Crippen molar-refractivity contribution in [3.8, 4) is 0 Å². The molecule has 8 aliphatic rings. The van der Waals surface area contributed by atoms with Gasteiger partial charge in [0.1, 0.15) is 0 Å². The van der Waals surface area contributed by atoms with E-state index in [1.54, 1.807) is 135 Å². The molecule has 8 saturated carbocycles. The van der Waals surface area contributed by atoms with E-state index in [9.17, 15) is 0 Å². The monoisotopic (exact) mass is 497 g/mol. The van der Waals surface area contributed by atoms with E-state index in [1.165, 1.54) is 44.9 Å². The fraction of sp³-hybridized carbons (Fsp3) is 1.00. The van der Waals surface area contributed by atoms with Crippen LogP contribution >= 0.6 is 0 Å². The normalized spacial score (nSPS) is 42.7. The Balaban J connectivity index is 1.26. The summed E-state index contributed by atoms with van der Waals surface area (Å²) in [6, 6.07) is 0. The molecular weight excluding hydrogens is 432 g/mol. The molecule has 0 aromatic rings. The fourth-order valence-electron chi connectivity index (χ4n) is 10.4. The Kier molecular flexibility index (Phi) is 11.5. The van der Waals surface area contributed by atoms with E-state index in [-0.39, 0.29) is 0 Å². The Labute approximate surface area is 226 Å². The molecule has 0 N–H and O–H groups in total. The molecule has 8 rings (SSSR count). The zero-order valence-electron chi connectivity index (χ0n) is 24.4. The zero-order valence-corrected chi connectivity index (χ0v) is 24.4. The number of hydrogen-bond acceptors (Lipinski definition) is 0. The highest BCUT2D eigenvalue weighted by Crippen LogP contribution is 2.47. The molecule has 36 heavy (non-hydrogen) atoms. The molecule has 0 aliphatic heterocycles. The lowest BCUT2D eigenvalue weighted by molar-refractivity contribution is 0.104. The Morgan fingerprint density at radius 2 is 0.500 bits per heavy atom. The first-order chi connectivity index (χ1) is 17.8. The van der Waals surface area contributed by atoms with Gasteiger partial charge in [0.15, 0.2) is 0 Å². The van der Waals surface area contributed by atoms with Crippen molar-refractivity contribution < 1.29 is 0 Å². The van der Waals surface area contributed by atoms with E-state index in [0.717, 1.165) is 47.3 Å². The summed E-state index contributed by atoms with van der Waals surface area (Å²) in [5.74, 6) is 8.73. The van der Waals surface area contributed by atoms with Gasteiger partial charge in [-0.2, -0.15) is 0 Å². The molecule has 0 saturated heterocycles. The molecular formula is C36H64. The van der Waals surface area contributed by atoms with Crippen molar-refractivity contribution in [3.63, 3.8) is 0 Å². The van der Waals surface area contributed by atoms with Crippen LogP contribution < -0.4 is 0 Å². The lowest BCUT2D eigenvalue weighted by Crippen LogP contribution is -2.29. The van der Waals surface area contributed by atoms with Crippen LogP contribution in [0.4, 0.5) is 0 Å². The molecule has 0 aromatic heterocycles. The minimum Gasteiger partial charge on any atom is -0.0533 e. The quantitative estimate of drug-likeness (QED) is 0.313. The molecule has 0 aromatic carbocycles. The van der Waals surface area contributed by atoms with Gasteiger partial charge in [-0.3, -0.25) is 0 Å². The third-order valence-electron chi connectivity index (χ3n) is 12.8. The van der Waals surface area contributed by atoms with Gasteiger partial charge in [0, 0.05) is 0 Å². The van der Waals surface area contributed by atoms with Crippen molar-refractivity contribution in [1.82, 2.24) is 0 Å². The second-order valence-corrected chi connectivity index (χ2v) is 15.0. The molecule has 0 radical (unpaired) electrons. The highest BCUT2D eigenvalue weighted by Gasteiger charge is 2.35. The summed E-state index contributed by atoms with van der Waals surface area (Å²) in [4.78, 5) is 0. The maximum absolute atomic E-state index is 1.60. The van der Waals surface area contributed by atoms with Crippen LogP contribution in [0, 0.1) is 47.3 Å². The van der Waals surface area contributed by atoms with Gasteiger partial charge in [0.2, 0.25) is 0 Å². The van der Waals surface area contributed by atoms with Gasteiger partial charge >= 0.3 is 0 Å². The molecule has 0 heteroatoms. The van der Waals surface area contributed by atoms with Crippen LogP contribution in [-0.2, 0) is 0 Å². The summed E-state index contributed by atoms with van der Waals surface area (Å²) < 4.78 is 0. The molecule has 0 nitrogen and oxygen atoms in total. The van der Waals surface area contributed by atoms with Gasteiger partial charge in [-0.05, 0) is 98.7 Å².